The smallest absolute Gasteiger partial charge is 0.271 e. The molecule has 0 atom stereocenters. The van der Waals surface area contributed by atoms with Crippen LogP contribution in [0.3, 0.4) is 0 Å². The van der Waals surface area contributed by atoms with Crippen LogP contribution in [0.15, 0.2) is 41.5 Å². The summed E-state index contributed by atoms with van der Waals surface area (Å²) in [6.07, 6.45) is 1.07. The van der Waals surface area contributed by atoms with Gasteiger partial charge >= 0.3 is 0 Å². The average Bonchev–Trinajstić information content (AvgIpc) is 2.67. The standard InChI is InChI=1S/C23H30N2O3/c1-7-12-27-21-10-8-19(9-11-21)23(26)25-24-18(6)20-13-16(4)22(17(5)14-20)28-15(2)3/h8-11,13-15H,7,12H2,1-6H3,(H,25,26)/b24-18-. The lowest BCUT2D eigenvalue weighted by atomic mass is 10.0. The van der Waals surface area contributed by atoms with Gasteiger partial charge in [0.15, 0.2) is 0 Å². The lowest BCUT2D eigenvalue weighted by Gasteiger charge is -2.16. The zero-order valence-corrected chi connectivity index (χ0v) is 17.6. The quantitative estimate of drug-likeness (QED) is 0.514. The molecule has 1 amide bonds. The summed E-state index contributed by atoms with van der Waals surface area (Å²) in [6, 6.07) is 11.1. The molecule has 0 unspecified atom stereocenters. The summed E-state index contributed by atoms with van der Waals surface area (Å²) in [4.78, 5) is 12.3. The van der Waals surface area contributed by atoms with Crippen LogP contribution < -0.4 is 14.9 Å². The van der Waals surface area contributed by atoms with Crippen molar-refractivity contribution in [2.45, 2.75) is 54.1 Å². The van der Waals surface area contributed by atoms with Gasteiger partial charge in [-0.05, 0) is 94.1 Å². The van der Waals surface area contributed by atoms with Crippen molar-refractivity contribution in [3.63, 3.8) is 0 Å². The molecule has 0 spiro atoms. The van der Waals surface area contributed by atoms with Crippen molar-refractivity contribution in [1.82, 2.24) is 5.43 Å². The summed E-state index contributed by atoms with van der Waals surface area (Å²) in [5.74, 6) is 1.41. The Kier molecular flexibility index (Phi) is 7.61. The fourth-order valence-corrected chi connectivity index (χ4v) is 2.77. The van der Waals surface area contributed by atoms with Crippen molar-refractivity contribution < 1.29 is 14.3 Å². The molecule has 0 heterocycles. The Morgan fingerprint density at radius 1 is 1.07 bits per heavy atom. The van der Waals surface area contributed by atoms with Crippen LogP contribution in [-0.2, 0) is 0 Å². The molecule has 1 N–H and O–H groups in total. The fourth-order valence-electron chi connectivity index (χ4n) is 2.77. The monoisotopic (exact) mass is 382 g/mol. The van der Waals surface area contributed by atoms with Gasteiger partial charge in [-0.2, -0.15) is 5.10 Å². The van der Waals surface area contributed by atoms with Crippen molar-refractivity contribution in [3.05, 3.63) is 58.7 Å². The van der Waals surface area contributed by atoms with Gasteiger partial charge in [0.2, 0.25) is 0 Å². The van der Waals surface area contributed by atoms with E-state index in [0.29, 0.717) is 12.2 Å². The number of amides is 1. The lowest BCUT2D eigenvalue weighted by molar-refractivity contribution is 0.0955. The second-order valence-electron chi connectivity index (χ2n) is 7.12. The van der Waals surface area contributed by atoms with Crippen LogP contribution in [0.4, 0.5) is 0 Å². The van der Waals surface area contributed by atoms with Crippen molar-refractivity contribution in [2.24, 2.45) is 5.10 Å². The van der Waals surface area contributed by atoms with Crippen molar-refractivity contribution in [3.8, 4) is 11.5 Å². The Balaban J connectivity index is 2.08. The molecule has 5 heteroatoms. The van der Waals surface area contributed by atoms with Gasteiger partial charge in [0, 0.05) is 5.56 Å². The molecule has 2 aromatic carbocycles. The predicted molar refractivity (Wildman–Crippen MR) is 114 cm³/mol. The molecule has 2 aromatic rings. The molecule has 28 heavy (non-hydrogen) atoms. The van der Waals surface area contributed by atoms with Crippen LogP contribution in [-0.4, -0.2) is 24.3 Å². The molecule has 0 aliphatic carbocycles. The molecule has 5 nitrogen and oxygen atoms in total. The predicted octanol–water partition coefficient (Wildman–Crippen LogP) is 5.03. The molecule has 150 valence electrons. The van der Waals surface area contributed by atoms with E-state index in [9.17, 15) is 4.79 Å². The minimum absolute atomic E-state index is 0.121. The Morgan fingerprint density at radius 2 is 1.68 bits per heavy atom. The fraction of sp³-hybridized carbons (Fsp3) is 0.391. The number of hydrogen-bond donors (Lipinski definition) is 1. The van der Waals surface area contributed by atoms with Gasteiger partial charge in [0.25, 0.3) is 5.91 Å². The molecule has 0 saturated carbocycles. The second kappa shape index (κ2) is 9.93. The highest BCUT2D eigenvalue weighted by Crippen LogP contribution is 2.26. The van der Waals surface area contributed by atoms with Crippen LogP contribution >= 0.6 is 0 Å². The average molecular weight is 383 g/mol. The van der Waals surface area contributed by atoms with E-state index in [-0.39, 0.29) is 12.0 Å². The van der Waals surface area contributed by atoms with Crippen LogP contribution in [0.1, 0.15) is 61.2 Å². The van der Waals surface area contributed by atoms with E-state index in [1.807, 2.05) is 46.8 Å². The summed E-state index contributed by atoms with van der Waals surface area (Å²) in [5.41, 5.74) is 6.94. The number of nitrogens with zero attached hydrogens (tertiary/aromatic N) is 1. The first-order valence-electron chi connectivity index (χ1n) is 9.67. The van der Waals surface area contributed by atoms with Gasteiger partial charge in [-0.25, -0.2) is 5.43 Å². The van der Waals surface area contributed by atoms with Crippen molar-refractivity contribution in [2.75, 3.05) is 6.61 Å². The van der Waals surface area contributed by atoms with Crippen LogP contribution in [0.25, 0.3) is 0 Å². The number of hydrogen-bond acceptors (Lipinski definition) is 4. The molecule has 0 aliphatic rings. The maximum atomic E-state index is 12.3. The highest BCUT2D eigenvalue weighted by atomic mass is 16.5. The normalized spacial score (nSPS) is 11.5. The van der Waals surface area contributed by atoms with Gasteiger partial charge < -0.3 is 9.47 Å². The SMILES string of the molecule is CCCOc1ccc(C(=O)N/N=C(/C)c2cc(C)c(OC(C)C)c(C)c2)cc1. The molecule has 0 radical (unpaired) electrons. The number of ether oxygens (including phenoxy) is 2. The van der Waals surface area contributed by atoms with E-state index in [1.54, 1.807) is 24.3 Å². The third kappa shape index (κ3) is 5.84. The Morgan fingerprint density at radius 3 is 2.21 bits per heavy atom. The summed E-state index contributed by atoms with van der Waals surface area (Å²) in [5, 5.41) is 4.26. The minimum atomic E-state index is -0.255. The first-order chi connectivity index (χ1) is 13.3. The van der Waals surface area contributed by atoms with E-state index >= 15 is 0 Å². The van der Waals surface area contributed by atoms with Gasteiger partial charge in [-0.15, -0.1) is 0 Å². The number of rotatable bonds is 8. The number of benzene rings is 2. The number of nitrogens with one attached hydrogen (secondary N) is 1. The zero-order chi connectivity index (χ0) is 20.7. The third-order valence-corrected chi connectivity index (χ3v) is 4.15. The minimum Gasteiger partial charge on any atom is -0.494 e. The lowest BCUT2D eigenvalue weighted by Crippen LogP contribution is -2.19. The maximum Gasteiger partial charge on any atom is 0.271 e. The first-order valence-corrected chi connectivity index (χ1v) is 9.67. The molecular formula is C23H30N2O3. The third-order valence-electron chi connectivity index (χ3n) is 4.15. The summed E-state index contributed by atoms with van der Waals surface area (Å²) in [7, 11) is 0. The molecular weight excluding hydrogens is 352 g/mol. The summed E-state index contributed by atoms with van der Waals surface area (Å²) >= 11 is 0. The van der Waals surface area contributed by atoms with Crippen LogP contribution in [0, 0.1) is 13.8 Å². The number of carbonyl (C=O) groups is 1. The molecule has 0 fully saturated rings. The molecule has 0 bridgehead atoms. The Bertz CT molecular complexity index is 816. The Hall–Kier alpha value is -2.82. The van der Waals surface area contributed by atoms with Crippen LogP contribution in [0.2, 0.25) is 0 Å². The summed E-state index contributed by atoms with van der Waals surface area (Å²) in [6.45, 7) is 12.6. The maximum absolute atomic E-state index is 12.3. The van der Waals surface area contributed by atoms with E-state index in [0.717, 1.165) is 40.3 Å². The molecule has 0 aromatic heterocycles. The number of hydrazone groups is 1. The molecule has 0 saturated heterocycles. The van der Waals surface area contributed by atoms with E-state index in [2.05, 4.69) is 17.5 Å². The van der Waals surface area contributed by atoms with E-state index in [4.69, 9.17) is 9.47 Å². The van der Waals surface area contributed by atoms with E-state index < -0.39 is 0 Å². The van der Waals surface area contributed by atoms with E-state index in [1.165, 1.54) is 0 Å². The van der Waals surface area contributed by atoms with Crippen molar-refractivity contribution in [1.29, 1.82) is 0 Å². The molecule has 0 aliphatic heterocycles. The molecule has 2 rings (SSSR count). The second-order valence-corrected chi connectivity index (χ2v) is 7.12. The largest absolute Gasteiger partial charge is 0.494 e. The highest BCUT2D eigenvalue weighted by Gasteiger charge is 2.10. The van der Waals surface area contributed by atoms with Gasteiger partial charge in [-0.1, -0.05) is 6.92 Å². The van der Waals surface area contributed by atoms with Gasteiger partial charge in [0.05, 0.1) is 18.4 Å². The highest BCUT2D eigenvalue weighted by molar-refractivity contribution is 6.01. The number of carbonyl (C=O) groups excluding carboxylic acids is 1. The summed E-state index contributed by atoms with van der Waals surface area (Å²) < 4.78 is 11.4. The van der Waals surface area contributed by atoms with Gasteiger partial charge in [0.1, 0.15) is 11.5 Å². The topological polar surface area (TPSA) is 59.9 Å². The first kappa shape index (κ1) is 21.5. The van der Waals surface area contributed by atoms with Crippen molar-refractivity contribution >= 4 is 11.6 Å². The Labute approximate surface area is 167 Å². The van der Waals surface area contributed by atoms with Gasteiger partial charge in [-0.3, -0.25) is 4.79 Å². The zero-order valence-electron chi connectivity index (χ0n) is 17.6. The number of aryl methyl sites for hydroxylation is 2. The van der Waals surface area contributed by atoms with Crippen LogP contribution in [0.5, 0.6) is 11.5 Å².